The second kappa shape index (κ2) is 3.42. The summed E-state index contributed by atoms with van der Waals surface area (Å²) in [6.45, 7) is 3.75. The maximum Gasteiger partial charge on any atom is 0.167 e. The number of carbonyl (C=O) groups is 2. The number of ketones is 2. The average molecular weight is 182 g/mol. The van der Waals surface area contributed by atoms with E-state index >= 15 is 0 Å². The molecular formula is C10H14O3. The number of rotatable bonds is 2. The molecule has 13 heavy (non-hydrogen) atoms. The normalized spacial score (nSPS) is 29.0. The lowest BCUT2D eigenvalue weighted by atomic mass is 9.75. The van der Waals surface area contributed by atoms with E-state index in [1.807, 2.05) is 0 Å². The third kappa shape index (κ3) is 1.86. The lowest BCUT2D eigenvalue weighted by molar-refractivity contribution is -0.133. The van der Waals surface area contributed by atoms with Crippen molar-refractivity contribution < 1.29 is 14.3 Å². The van der Waals surface area contributed by atoms with Crippen molar-refractivity contribution in [3.63, 3.8) is 0 Å². The zero-order valence-electron chi connectivity index (χ0n) is 8.22. The van der Waals surface area contributed by atoms with Gasteiger partial charge in [0.15, 0.2) is 11.6 Å². The molecule has 1 aliphatic rings. The van der Waals surface area contributed by atoms with Crippen LogP contribution in [0.1, 0.15) is 20.3 Å². The molecule has 0 unspecified atom stereocenters. The van der Waals surface area contributed by atoms with Crippen LogP contribution in [0.5, 0.6) is 0 Å². The van der Waals surface area contributed by atoms with Crippen LogP contribution in [0.4, 0.5) is 0 Å². The minimum absolute atomic E-state index is 0.0108. The maximum atomic E-state index is 11.7. The summed E-state index contributed by atoms with van der Waals surface area (Å²) in [5.41, 5.74) is -0.110. The highest BCUT2D eigenvalue weighted by molar-refractivity contribution is 6.11. The lowest BCUT2D eigenvalue weighted by Crippen LogP contribution is -2.38. The molecule has 1 rings (SSSR count). The number of carbonyl (C=O) groups excluding carboxylic acids is 2. The van der Waals surface area contributed by atoms with Gasteiger partial charge < -0.3 is 4.74 Å². The van der Waals surface area contributed by atoms with E-state index in [2.05, 4.69) is 0 Å². The molecule has 3 nitrogen and oxygen atoms in total. The van der Waals surface area contributed by atoms with Gasteiger partial charge in [-0.15, -0.1) is 0 Å². The predicted octanol–water partition coefficient (Wildman–Crippen LogP) is 1.13. The van der Waals surface area contributed by atoms with Crippen molar-refractivity contribution in [3.8, 4) is 0 Å². The highest BCUT2D eigenvalue weighted by Crippen LogP contribution is 2.30. The van der Waals surface area contributed by atoms with Crippen LogP contribution in [0.25, 0.3) is 0 Å². The van der Waals surface area contributed by atoms with Crippen LogP contribution in [0.2, 0.25) is 0 Å². The van der Waals surface area contributed by atoms with Gasteiger partial charge in [-0.05, 0) is 25.5 Å². The van der Waals surface area contributed by atoms with Gasteiger partial charge in [-0.1, -0.05) is 0 Å². The standard InChI is InChI=1S/C10H14O3/c1-7-4-8(11)5-10(2,6-13-3)9(7)12/h4H,5-6H2,1-3H3/t10-/m0/s1. The van der Waals surface area contributed by atoms with Crippen molar-refractivity contribution >= 4 is 11.6 Å². The largest absolute Gasteiger partial charge is 0.384 e. The first-order valence-electron chi connectivity index (χ1n) is 4.24. The topological polar surface area (TPSA) is 43.4 Å². The van der Waals surface area contributed by atoms with Crippen LogP contribution in [-0.4, -0.2) is 25.3 Å². The van der Waals surface area contributed by atoms with Crippen molar-refractivity contribution in [1.29, 1.82) is 0 Å². The Morgan fingerprint density at radius 1 is 1.54 bits per heavy atom. The third-order valence-electron chi connectivity index (χ3n) is 2.31. The van der Waals surface area contributed by atoms with E-state index < -0.39 is 5.41 Å². The van der Waals surface area contributed by atoms with Crippen molar-refractivity contribution in [3.05, 3.63) is 11.6 Å². The summed E-state index contributed by atoms with van der Waals surface area (Å²) >= 11 is 0. The smallest absolute Gasteiger partial charge is 0.167 e. The molecule has 0 N–H and O–H groups in total. The van der Waals surface area contributed by atoms with Crippen LogP contribution in [-0.2, 0) is 14.3 Å². The van der Waals surface area contributed by atoms with E-state index in [1.54, 1.807) is 13.8 Å². The Morgan fingerprint density at radius 2 is 2.15 bits per heavy atom. The SMILES string of the molecule is COC[C@]1(C)CC(=O)C=C(C)C1=O. The number of hydrogen-bond acceptors (Lipinski definition) is 3. The molecule has 1 atom stereocenters. The van der Waals surface area contributed by atoms with Crippen LogP contribution >= 0.6 is 0 Å². The summed E-state index contributed by atoms with van der Waals surface area (Å²) in [5, 5.41) is 0. The van der Waals surface area contributed by atoms with Crippen LogP contribution in [0.15, 0.2) is 11.6 Å². The molecule has 0 amide bonds. The van der Waals surface area contributed by atoms with Gasteiger partial charge in [0.05, 0.1) is 12.0 Å². The molecule has 0 fully saturated rings. The summed E-state index contributed by atoms with van der Waals surface area (Å²) < 4.78 is 4.95. The first kappa shape index (κ1) is 10.1. The molecule has 0 radical (unpaired) electrons. The fourth-order valence-corrected chi connectivity index (χ4v) is 1.73. The molecule has 0 saturated heterocycles. The fourth-order valence-electron chi connectivity index (χ4n) is 1.73. The molecule has 0 aromatic rings. The Labute approximate surface area is 77.8 Å². The molecule has 0 aromatic carbocycles. The third-order valence-corrected chi connectivity index (χ3v) is 2.31. The van der Waals surface area contributed by atoms with Gasteiger partial charge in [0.1, 0.15) is 0 Å². The average Bonchev–Trinajstić information content (AvgIpc) is 2.00. The molecule has 0 saturated carbocycles. The van der Waals surface area contributed by atoms with E-state index in [9.17, 15) is 9.59 Å². The minimum atomic E-state index is -0.648. The van der Waals surface area contributed by atoms with E-state index in [1.165, 1.54) is 13.2 Å². The van der Waals surface area contributed by atoms with E-state index in [0.717, 1.165) is 0 Å². The Balaban J connectivity index is 2.96. The van der Waals surface area contributed by atoms with Gasteiger partial charge in [0.2, 0.25) is 0 Å². The first-order valence-corrected chi connectivity index (χ1v) is 4.24. The highest BCUT2D eigenvalue weighted by Gasteiger charge is 2.38. The highest BCUT2D eigenvalue weighted by atomic mass is 16.5. The molecule has 0 aliphatic heterocycles. The van der Waals surface area contributed by atoms with Gasteiger partial charge >= 0.3 is 0 Å². The number of ether oxygens (including phenoxy) is 1. The van der Waals surface area contributed by atoms with Crippen molar-refractivity contribution in [2.45, 2.75) is 20.3 Å². The van der Waals surface area contributed by atoms with Gasteiger partial charge in [-0.3, -0.25) is 9.59 Å². The molecule has 1 aliphatic carbocycles. The Kier molecular flexibility index (Phi) is 2.66. The number of allylic oxidation sites excluding steroid dienone is 2. The van der Waals surface area contributed by atoms with Crippen molar-refractivity contribution in [1.82, 2.24) is 0 Å². The molecule has 0 spiro atoms. The Bertz CT molecular complexity index is 278. The second-order valence-corrected chi connectivity index (χ2v) is 3.79. The van der Waals surface area contributed by atoms with Crippen LogP contribution < -0.4 is 0 Å². The number of methoxy groups -OCH3 is 1. The maximum absolute atomic E-state index is 11.7. The molecular weight excluding hydrogens is 168 g/mol. The van der Waals surface area contributed by atoms with E-state index in [-0.39, 0.29) is 18.0 Å². The summed E-state index contributed by atoms with van der Waals surface area (Å²) in [7, 11) is 1.54. The number of hydrogen-bond donors (Lipinski definition) is 0. The summed E-state index contributed by atoms with van der Waals surface area (Å²) in [4.78, 5) is 22.9. The van der Waals surface area contributed by atoms with Crippen LogP contribution in [0, 0.1) is 5.41 Å². The zero-order chi connectivity index (χ0) is 10.1. The molecule has 3 heteroatoms. The monoisotopic (exact) mass is 182 g/mol. The molecule has 0 aromatic heterocycles. The summed E-state index contributed by atoms with van der Waals surface area (Å²) in [5.74, 6) is 0.0330. The first-order chi connectivity index (χ1) is 5.99. The summed E-state index contributed by atoms with van der Waals surface area (Å²) in [6.07, 6.45) is 1.68. The fraction of sp³-hybridized carbons (Fsp3) is 0.600. The minimum Gasteiger partial charge on any atom is -0.384 e. The van der Waals surface area contributed by atoms with Gasteiger partial charge in [0, 0.05) is 13.5 Å². The molecule has 72 valence electrons. The second-order valence-electron chi connectivity index (χ2n) is 3.79. The van der Waals surface area contributed by atoms with Crippen LogP contribution in [0.3, 0.4) is 0 Å². The number of Topliss-reactive ketones (excluding diaryl/α,β-unsaturated/α-hetero) is 1. The Morgan fingerprint density at radius 3 is 2.69 bits per heavy atom. The zero-order valence-corrected chi connectivity index (χ0v) is 8.22. The predicted molar refractivity (Wildman–Crippen MR) is 48.4 cm³/mol. The van der Waals surface area contributed by atoms with Gasteiger partial charge in [-0.2, -0.15) is 0 Å². The van der Waals surface area contributed by atoms with Crippen molar-refractivity contribution in [2.24, 2.45) is 5.41 Å². The van der Waals surface area contributed by atoms with E-state index in [0.29, 0.717) is 12.2 Å². The van der Waals surface area contributed by atoms with E-state index in [4.69, 9.17) is 4.74 Å². The summed E-state index contributed by atoms with van der Waals surface area (Å²) in [6, 6.07) is 0. The molecule has 0 bridgehead atoms. The van der Waals surface area contributed by atoms with Gasteiger partial charge in [-0.25, -0.2) is 0 Å². The lowest BCUT2D eigenvalue weighted by Gasteiger charge is -2.29. The van der Waals surface area contributed by atoms with Gasteiger partial charge in [0.25, 0.3) is 0 Å². The molecule has 0 heterocycles. The van der Waals surface area contributed by atoms with Crippen molar-refractivity contribution in [2.75, 3.05) is 13.7 Å². The Hall–Kier alpha value is -0.960. The quantitative estimate of drug-likeness (QED) is 0.643.